The molecule has 0 spiro atoms. The number of hydrogen-bond donors (Lipinski definition) is 0. The normalized spacial score (nSPS) is 15.1. The van der Waals surface area contributed by atoms with E-state index in [2.05, 4.69) is 68.8 Å². The highest BCUT2D eigenvalue weighted by Gasteiger charge is 2.25. The number of benzene rings is 2. The number of hydrogen-bond acceptors (Lipinski definition) is 4. The molecule has 5 rings (SSSR count). The molecule has 0 unspecified atom stereocenters. The minimum absolute atomic E-state index is 0.467. The van der Waals surface area contributed by atoms with E-state index in [1.165, 1.54) is 16.6 Å². The number of aromatic nitrogens is 4. The van der Waals surface area contributed by atoms with Gasteiger partial charge >= 0.3 is 0 Å². The summed E-state index contributed by atoms with van der Waals surface area (Å²) in [5, 5.41) is 4.53. The number of anilines is 1. The Bertz CT molecular complexity index is 1140. The van der Waals surface area contributed by atoms with Crippen LogP contribution in [0.3, 0.4) is 0 Å². The molecule has 0 atom stereocenters. The molecule has 1 fully saturated rings. The van der Waals surface area contributed by atoms with Crippen molar-refractivity contribution in [2.24, 2.45) is 0 Å². The number of methoxy groups -OCH3 is 1. The highest BCUT2D eigenvalue weighted by atomic mass is 16.5. The van der Waals surface area contributed by atoms with Crippen LogP contribution in [0, 0.1) is 6.92 Å². The van der Waals surface area contributed by atoms with Crippen LogP contribution < -0.4 is 9.64 Å². The van der Waals surface area contributed by atoms with Gasteiger partial charge in [0.2, 0.25) is 5.95 Å². The lowest BCUT2D eigenvalue weighted by molar-refractivity contribution is 0.363. The summed E-state index contributed by atoms with van der Waals surface area (Å²) in [5.41, 5.74) is 4.68. The zero-order chi connectivity index (χ0) is 20.5. The van der Waals surface area contributed by atoms with E-state index in [1.54, 1.807) is 7.11 Å². The molecular formula is C24H27N5O. The lowest BCUT2D eigenvalue weighted by Crippen LogP contribution is -2.36. The molecule has 154 valence electrons. The van der Waals surface area contributed by atoms with Crippen LogP contribution in [-0.4, -0.2) is 39.5 Å². The molecular weight excluding hydrogens is 374 g/mol. The van der Waals surface area contributed by atoms with Gasteiger partial charge < -0.3 is 14.2 Å². The van der Waals surface area contributed by atoms with Crippen LogP contribution in [0.5, 0.6) is 5.75 Å². The standard InChI is InChI=1S/C24H27N5O/c1-18-15-25-29(16-18)20-11-13-27(14-12-20)24-26-22-5-3-4-6-23(22)28(24)17-19-7-9-21(30-2)10-8-19/h3-10,15-16,20H,11-14,17H2,1-2H3. The lowest BCUT2D eigenvalue weighted by atomic mass is 10.1. The van der Waals surface area contributed by atoms with Crippen molar-refractivity contribution in [3.8, 4) is 5.75 Å². The van der Waals surface area contributed by atoms with Crippen LogP contribution in [0.4, 0.5) is 5.95 Å². The molecule has 0 radical (unpaired) electrons. The van der Waals surface area contributed by atoms with Gasteiger partial charge in [0.25, 0.3) is 0 Å². The van der Waals surface area contributed by atoms with E-state index in [4.69, 9.17) is 9.72 Å². The van der Waals surface area contributed by atoms with Crippen molar-refractivity contribution in [3.63, 3.8) is 0 Å². The van der Waals surface area contributed by atoms with Gasteiger partial charge in [0.1, 0.15) is 5.75 Å². The summed E-state index contributed by atoms with van der Waals surface area (Å²) in [6, 6.07) is 17.2. The third-order valence-electron chi connectivity index (χ3n) is 5.99. The molecule has 30 heavy (non-hydrogen) atoms. The summed E-state index contributed by atoms with van der Waals surface area (Å²) in [6.45, 7) is 4.85. The monoisotopic (exact) mass is 401 g/mol. The molecule has 0 bridgehead atoms. The van der Waals surface area contributed by atoms with Crippen molar-refractivity contribution in [2.75, 3.05) is 25.1 Å². The second-order valence-electron chi connectivity index (χ2n) is 8.05. The smallest absolute Gasteiger partial charge is 0.206 e. The topological polar surface area (TPSA) is 48.1 Å². The summed E-state index contributed by atoms with van der Waals surface area (Å²) in [7, 11) is 1.70. The molecule has 0 saturated carbocycles. The Kier molecular flexibility index (Phi) is 4.91. The van der Waals surface area contributed by atoms with Crippen LogP contribution in [0.15, 0.2) is 60.9 Å². The minimum atomic E-state index is 0.467. The Morgan fingerprint density at radius 3 is 2.50 bits per heavy atom. The van der Waals surface area contributed by atoms with Gasteiger partial charge in [0.15, 0.2) is 0 Å². The van der Waals surface area contributed by atoms with Crippen LogP contribution in [-0.2, 0) is 6.54 Å². The molecule has 3 heterocycles. The average Bonchev–Trinajstić information content (AvgIpc) is 3.38. The van der Waals surface area contributed by atoms with Gasteiger partial charge in [0.05, 0.1) is 36.9 Å². The lowest BCUT2D eigenvalue weighted by Gasteiger charge is -2.33. The molecule has 6 nitrogen and oxygen atoms in total. The summed E-state index contributed by atoms with van der Waals surface area (Å²) in [4.78, 5) is 7.44. The summed E-state index contributed by atoms with van der Waals surface area (Å²) < 4.78 is 9.78. The Morgan fingerprint density at radius 2 is 1.80 bits per heavy atom. The number of nitrogens with zero attached hydrogens (tertiary/aromatic N) is 5. The van der Waals surface area contributed by atoms with E-state index < -0.39 is 0 Å². The van der Waals surface area contributed by atoms with Crippen LogP contribution in [0.1, 0.15) is 30.0 Å². The number of para-hydroxylation sites is 2. The average molecular weight is 402 g/mol. The Morgan fingerprint density at radius 1 is 1.03 bits per heavy atom. The van der Waals surface area contributed by atoms with Crippen molar-refractivity contribution in [1.82, 2.24) is 19.3 Å². The zero-order valence-electron chi connectivity index (χ0n) is 17.5. The molecule has 1 aliphatic heterocycles. The van der Waals surface area contributed by atoms with Gasteiger partial charge in [-0.2, -0.15) is 5.10 Å². The first-order valence-corrected chi connectivity index (χ1v) is 10.5. The van der Waals surface area contributed by atoms with Crippen LogP contribution in [0.2, 0.25) is 0 Å². The molecule has 1 aliphatic rings. The van der Waals surface area contributed by atoms with Crippen molar-refractivity contribution in [2.45, 2.75) is 32.4 Å². The molecule has 2 aromatic carbocycles. The maximum Gasteiger partial charge on any atom is 0.206 e. The first-order valence-electron chi connectivity index (χ1n) is 10.5. The predicted molar refractivity (Wildman–Crippen MR) is 119 cm³/mol. The second-order valence-corrected chi connectivity index (χ2v) is 8.05. The fraction of sp³-hybridized carbons (Fsp3) is 0.333. The quantitative estimate of drug-likeness (QED) is 0.496. The largest absolute Gasteiger partial charge is 0.497 e. The fourth-order valence-corrected chi connectivity index (χ4v) is 4.34. The van der Waals surface area contributed by atoms with Crippen molar-refractivity contribution in [1.29, 1.82) is 0 Å². The van der Waals surface area contributed by atoms with E-state index in [1.807, 2.05) is 18.3 Å². The van der Waals surface area contributed by atoms with Gasteiger partial charge in [-0.3, -0.25) is 4.68 Å². The molecule has 4 aromatic rings. The second kappa shape index (κ2) is 7.86. The Hall–Kier alpha value is -3.28. The van der Waals surface area contributed by atoms with Crippen molar-refractivity contribution >= 4 is 17.0 Å². The van der Waals surface area contributed by atoms with Crippen molar-refractivity contribution in [3.05, 3.63) is 72.1 Å². The van der Waals surface area contributed by atoms with E-state index in [9.17, 15) is 0 Å². The van der Waals surface area contributed by atoms with Gasteiger partial charge in [-0.1, -0.05) is 24.3 Å². The maximum atomic E-state index is 5.31. The maximum absolute atomic E-state index is 5.31. The van der Waals surface area contributed by atoms with Crippen LogP contribution >= 0.6 is 0 Å². The first kappa shape index (κ1) is 18.7. The number of aryl methyl sites for hydroxylation is 1. The molecule has 1 saturated heterocycles. The number of rotatable bonds is 5. The molecule has 0 N–H and O–H groups in total. The molecule has 6 heteroatoms. The summed E-state index contributed by atoms with van der Waals surface area (Å²) in [6.07, 6.45) is 6.25. The molecule has 0 aliphatic carbocycles. The van der Waals surface area contributed by atoms with E-state index in [0.717, 1.165) is 49.7 Å². The highest BCUT2D eigenvalue weighted by molar-refractivity contribution is 5.79. The SMILES string of the molecule is COc1ccc(Cn2c(N3CCC(n4cc(C)cn4)CC3)nc3ccccc32)cc1. The number of imidazole rings is 1. The van der Waals surface area contributed by atoms with Crippen LogP contribution in [0.25, 0.3) is 11.0 Å². The highest BCUT2D eigenvalue weighted by Crippen LogP contribution is 2.29. The number of piperidine rings is 1. The number of fused-ring (bicyclic) bond motifs is 1. The minimum Gasteiger partial charge on any atom is -0.497 e. The third kappa shape index (κ3) is 3.54. The van der Waals surface area contributed by atoms with Gasteiger partial charge in [0, 0.05) is 19.3 Å². The van der Waals surface area contributed by atoms with Gasteiger partial charge in [-0.15, -0.1) is 0 Å². The predicted octanol–water partition coefficient (Wildman–Crippen LogP) is 4.44. The summed E-state index contributed by atoms with van der Waals surface area (Å²) in [5.74, 6) is 1.94. The van der Waals surface area contributed by atoms with E-state index >= 15 is 0 Å². The fourth-order valence-electron chi connectivity index (χ4n) is 4.34. The third-order valence-corrected chi connectivity index (χ3v) is 5.99. The summed E-state index contributed by atoms with van der Waals surface area (Å²) >= 11 is 0. The number of ether oxygens (including phenoxy) is 1. The zero-order valence-corrected chi connectivity index (χ0v) is 17.5. The van der Waals surface area contributed by atoms with Gasteiger partial charge in [-0.05, 0) is 55.2 Å². The van der Waals surface area contributed by atoms with Gasteiger partial charge in [-0.25, -0.2) is 4.98 Å². The van der Waals surface area contributed by atoms with E-state index in [-0.39, 0.29) is 0 Å². The molecule has 0 amide bonds. The molecule has 2 aromatic heterocycles. The van der Waals surface area contributed by atoms with E-state index in [0.29, 0.717) is 6.04 Å². The first-order chi connectivity index (χ1) is 14.7. The Labute approximate surface area is 176 Å². The Balaban J connectivity index is 1.42. The van der Waals surface area contributed by atoms with Crippen molar-refractivity contribution < 1.29 is 4.74 Å².